The largest absolute Gasteiger partial charge is 0.439 e. The molecule has 2 aromatic rings. The first kappa shape index (κ1) is 12.1. The van der Waals surface area contributed by atoms with Crippen LogP contribution in [-0.2, 0) is 11.3 Å². The number of nitrogen functional groups attached to an aromatic ring is 2. The normalized spacial score (nSPS) is 10.3. The molecule has 0 aliphatic rings. The first-order chi connectivity index (χ1) is 8.67. The second kappa shape index (κ2) is 5.33. The fraction of sp³-hybridized carbons (Fsp3) is 0.167. The molecule has 0 saturated carbocycles. The number of hydrogen-bond acceptors (Lipinski definition) is 6. The van der Waals surface area contributed by atoms with Gasteiger partial charge in [-0.15, -0.1) is 0 Å². The lowest BCUT2D eigenvalue weighted by Gasteiger charge is -2.07. The molecular formula is C12H14N4O2. The molecule has 1 heterocycles. The lowest BCUT2D eigenvalue weighted by atomic mass is 10.2. The van der Waals surface area contributed by atoms with Gasteiger partial charge >= 0.3 is 0 Å². The number of anilines is 2. The van der Waals surface area contributed by atoms with Crippen LogP contribution < -0.4 is 16.2 Å². The van der Waals surface area contributed by atoms with E-state index < -0.39 is 0 Å². The number of benzene rings is 1. The van der Waals surface area contributed by atoms with E-state index in [-0.39, 0.29) is 11.8 Å². The smallest absolute Gasteiger partial charge is 0.226 e. The Balaban J connectivity index is 2.20. The molecule has 18 heavy (non-hydrogen) atoms. The highest BCUT2D eigenvalue weighted by atomic mass is 16.5. The van der Waals surface area contributed by atoms with Gasteiger partial charge in [0.15, 0.2) is 0 Å². The second-order valence-electron chi connectivity index (χ2n) is 3.67. The highest BCUT2D eigenvalue weighted by Crippen LogP contribution is 2.22. The highest BCUT2D eigenvalue weighted by molar-refractivity contribution is 5.40. The molecule has 2 rings (SSSR count). The number of nitrogens with zero attached hydrogens (tertiary/aromatic N) is 2. The van der Waals surface area contributed by atoms with E-state index in [9.17, 15) is 0 Å². The van der Waals surface area contributed by atoms with E-state index in [4.69, 9.17) is 20.9 Å². The average Bonchev–Trinajstić information content (AvgIpc) is 2.28. The van der Waals surface area contributed by atoms with Crippen molar-refractivity contribution in [2.75, 3.05) is 18.6 Å². The van der Waals surface area contributed by atoms with Crippen molar-refractivity contribution in [1.82, 2.24) is 9.97 Å². The monoisotopic (exact) mass is 246 g/mol. The predicted molar refractivity (Wildman–Crippen MR) is 68.1 cm³/mol. The molecular weight excluding hydrogens is 232 g/mol. The third-order valence-corrected chi connectivity index (χ3v) is 2.17. The van der Waals surface area contributed by atoms with Gasteiger partial charge in [-0.2, -0.15) is 9.97 Å². The zero-order valence-corrected chi connectivity index (χ0v) is 9.96. The van der Waals surface area contributed by atoms with Gasteiger partial charge in [0.25, 0.3) is 0 Å². The fourth-order valence-corrected chi connectivity index (χ4v) is 1.50. The van der Waals surface area contributed by atoms with Crippen molar-refractivity contribution in [3.8, 4) is 11.6 Å². The topological polar surface area (TPSA) is 96.3 Å². The van der Waals surface area contributed by atoms with Gasteiger partial charge in [-0.1, -0.05) is 12.1 Å². The van der Waals surface area contributed by atoms with Crippen LogP contribution in [0, 0.1) is 0 Å². The molecule has 0 bridgehead atoms. The van der Waals surface area contributed by atoms with Crippen molar-refractivity contribution in [3.05, 3.63) is 35.9 Å². The average molecular weight is 246 g/mol. The Morgan fingerprint density at radius 3 is 2.72 bits per heavy atom. The quantitative estimate of drug-likeness (QED) is 0.850. The van der Waals surface area contributed by atoms with E-state index in [0.29, 0.717) is 18.2 Å². The van der Waals surface area contributed by atoms with Crippen LogP contribution in [0.25, 0.3) is 0 Å². The molecule has 0 aliphatic carbocycles. The molecule has 0 fully saturated rings. The van der Waals surface area contributed by atoms with Gasteiger partial charge in [0.1, 0.15) is 11.6 Å². The Hall–Kier alpha value is -2.34. The molecule has 0 saturated heterocycles. The van der Waals surface area contributed by atoms with Crippen molar-refractivity contribution in [2.45, 2.75) is 6.61 Å². The number of aromatic nitrogens is 2. The molecule has 1 aromatic carbocycles. The van der Waals surface area contributed by atoms with E-state index in [1.807, 2.05) is 24.3 Å². The number of methoxy groups -OCH3 is 1. The van der Waals surface area contributed by atoms with Crippen LogP contribution in [0.3, 0.4) is 0 Å². The van der Waals surface area contributed by atoms with Gasteiger partial charge in [0, 0.05) is 13.2 Å². The minimum atomic E-state index is 0.0815. The van der Waals surface area contributed by atoms with E-state index in [1.54, 1.807) is 7.11 Å². The third-order valence-electron chi connectivity index (χ3n) is 2.17. The molecule has 0 spiro atoms. The maximum atomic E-state index is 5.56. The van der Waals surface area contributed by atoms with Crippen molar-refractivity contribution < 1.29 is 9.47 Å². The van der Waals surface area contributed by atoms with E-state index in [1.165, 1.54) is 6.07 Å². The van der Waals surface area contributed by atoms with E-state index in [0.717, 1.165) is 5.56 Å². The molecule has 6 heteroatoms. The van der Waals surface area contributed by atoms with Crippen molar-refractivity contribution in [2.24, 2.45) is 0 Å². The molecule has 1 aromatic heterocycles. The lowest BCUT2D eigenvalue weighted by molar-refractivity contribution is 0.184. The number of ether oxygens (including phenoxy) is 2. The minimum absolute atomic E-state index is 0.0815. The molecule has 0 unspecified atom stereocenters. The maximum absolute atomic E-state index is 5.56. The molecule has 94 valence electrons. The maximum Gasteiger partial charge on any atom is 0.226 e. The Morgan fingerprint density at radius 1 is 1.17 bits per heavy atom. The van der Waals surface area contributed by atoms with Gasteiger partial charge in [-0.25, -0.2) is 0 Å². The molecule has 0 aliphatic heterocycles. The zero-order valence-electron chi connectivity index (χ0n) is 9.96. The van der Waals surface area contributed by atoms with Crippen molar-refractivity contribution in [3.63, 3.8) is 0 Å². The van der Waals surface area contributed by atoms with Crippen molar-refractivity contribution >= 4 is 11.8 Å². The van der Waals surface area contributed by atoms with Crippen LogP contribution in [0.4, 0.5) is 11.8 Å². The standard InChI is InChI=1S/C12H14N4O2/c1-17-7-8-3-2-4-9(5-8)18-11-6-10(13)15-12(14)16-11/h2-6H,7H2,1H3,(H4,13,14,15,16). The number of nitrogens with two attached hydrogens (primary N) is 2. The fourth-order valence-electron chi connectivity index (χ4n) is 1.50. The molecule has 0 amide bonds. The predicted octanol–water partition coefficient (Wildman–Crippen LogP) is 1.58. The van der Waals surface area contributed by atoms with Gasteiger partial charge in [-0.3, -0.25) is 0 Å². The van der Waals surface area contributed by atoms with Crippen LogP contribution in [0.2, 0.25) is 0 Å². The third kappa shape index (κ3) is 3.08. The number of hydrogen-bond donors (Lipinski definition) is 2. The first-order valence-corrected chi connectivity index (χ1v) is 5.33. The molecule has 4 N–H and O–H groups in total. The zero-order chi connectivity index (χ0) is 13.0. The summed E-state index contributed by atoms with van der Waals surface area (Å²) in [6.07, 6.45) is 0. The van der Waals surface area contributed by atoms with Gasteiger partial charge in [0.05, 0.1) is 6.61 Å². The summed E-state index contributed by atoms with van der Waals surface area (Å²) in [5, 5.41) is 0. The lowest BCUT2D eigenvalue weighted by Crippen LogP contribution is -2.00. The van der Waals surface area contributed by atoms with E-state index >= 15 is 0 Å². The van der Waals surface area contributed by atoms with Crippen LogP contribution in [-0.4, -0.2) is 17.1 Å². The van der Waals surface area contributed by atoms with Crippen molar-refractivity contribution in [1.29, 1.82) is 0 Å². The summed E-state index contributed by atoms with van der Waals surface area (Å²) in [6, 6.07) is 9.00. The Kier molecular flexibility index (Phi) is 3.59. The van der Waals surface area contributed by atoms with Crippen LogP contribution >= 0.6 is 0 Å². The first-order valence-electron chi connectivity index (χ1n) is 5.33. The summed E-state index contributed by atoms with van der Waals surface area (Å²) in [7, 11) is 1.64. The second-order valence-corrected chi connectivity index (χ2v) is 3.67. The van der Waals surface area contributed by atoms with Gasteiger partial charge < -0.3 is 20.9 Å². The number of rotatable bonds is 4. The summed E-state index contributed by atoms with van der Waals surface area (Å²) in [5.41, 5.74) is 12.1. The van der Waals surface area contributed by atoms with Crippen LogP contribution in [0.1, 0.15) is 5.56 Å². The van der Waals surface area contributed by atoms with Gasteiger partial charge in [-0.05, 0) is 17.7 Å². The SMILES string of the molecule is COCc1cccc(Oc2cc(N)nc(N)n2)c1. The summed E-state index contributed by atoms with van der Waals surface area (Å²) in [4.78, 5) is 7.71. The molecule has 6 nitrogen and oxygen atoms in total. The summed E-state index contributed by atoms with van der Waals surface area (Å²) in [6.45, 7) is 0.519. The van der Waals surface area contributed by atoms with E-state index in [2.05, 4.69) is 9.97 Å². The highest BCUT2D eigenvalue weighted by Gasteiger charge is 2.03. The Bertz CT molecular complexity index is 525. The Morgan fingerprint density at radius 2 is 2.00 bits per heavy atom. The van der Waals surface area contributed by atoms with Crippen LogP contribution in [0.5, 0.6) is 11.6 Å². The summed E-state index contributed by atoms with van der Waals surface area (Å²) in [5.74, 6) is 1.31. The summed E-state index contributed by atoms with van der Waals surface area (Å²) < 4.78 is 10.6. The van der Waals surface area contributed by atoms with Gasteiger partial charge in [0.2, 0.25) is 11.8 Å². The summed E-state index contributed by atoms with van der Waals surface area (Å²) >= 11 is 0. The molecule has 0 atom stereocenters. The van der Waals surface area contributed by atoms with Crippen LogP contribution in [0.15, 0.2) is 30.3 Å². The minimum Gasteiger partial charge on any atom is -0.439 e. The molecule has 0 radical (unpaired) electrons. The Labute approximate surface area is 105 Å².